The highest BCUT2D eigenvalue weighted by atomic mass is 16.5. The number of nitrogens with zero attached hydrogens (tertiary/aromatic N) is 2. The van der Waals surface area contributed by atoms with Crippen LogP contribution >= 0.6 is 0 Å². The fraction of sp³-hybridized carbons (Fsp3) is 0.375. The van der Waals surface area contributed by atoms with Crippen LogP contribution in [-0.2, 0) is 6.42 Å². The number of methoxy groups -OCH3 is 1. The summed E-state index contributed by atoms with van der Waals surface area (Å²) in [6.07, 6.45) is 8.64. The van der Waals surface area contributed by atoms with Crippen LogP contribution in [-0.4, -0.2) is 17.1 Å². The average molecular weight is 284 g/mol. The zero-order chi connectivity index (χ0) is 14.7. The molecule has 0 saturated heterocycles. The van der Waals surface area contributed by atoms with Gasteiger partial charge in [0.1, 0.15) is 5.75 Å². The number of aromatic nitrogens is 2. The maximum atomic E-state index is 5.86. The number of fused-ring (bicyclic) bond motifs is 1. The van der Waals surface area contributed by atoms with Gasteiger partial charge in [-0.2, -0.15) is 0 Å². The topological polar surface area (TPSA) is 73.1 Å². The van der Waals surface area contributed by atoms with E-state index in [9.17, 15) is 0 Å². The van der Waals surface area contributed by atoms with Gasteiger partial charge in [0.15, 0.2) is 0 Å². The number of ether oxygens (including phenoxy) is 1. The number of nitrogens with two attached hydrogens (primary N) is 1. The van der Waals surface area contributed by atoms with Gasteiger partial charge >= 0.3 is 0 Å². The molecule has 2 heterocycles. The lowest BCUT2D eigenvalue weighted by Gasteiger charge is -2.31. The van der Waals surface area contributed by atoms with Gasteiger partial charge in [-0.05, 0) is 37.0 Å². The molecule has 3 rings (SSSR count). The Labute approximate surface area is 124 Å². The minimum Gasteiger partial charge on any atom is -0.495 e. The molecule has 3 N–H and O–H groups in total. The summed E-state index contributed by atoms with van der Waals surface area (Å²) in [5.74, 6) is 6.86. The summed E-state index contributed by atoms with van der Waals surface area (Å²) in [6.45, 7) is 0. The molecule has 1 aliphatic carbocycles. The van der Waals surface area contributed by atoms with Crippen LogP contribution in [0.15, 0.2) is 36.8 Å². The van der Waals surface area contributed by atoms with Crippen LogP contribution in [0.25, 0.3) is 0 Å². The Hall–Kier alpha value is -1.98. The summed E-state index contributed by atoms with van der Waals surface area (Å²) in [5.41, 5.74) is 6.45. The van der Waals surface area contributed by atoms with E-state index in [2.05, 4.69) is 21.5 Å². The summed E-state index contributed by atoms with van der Waals surface area (Å²) >= 11 is 0. The molecule has 5 nitrogen and oxygen atoms in total. The van der Waals surface area contributed by atoms with Crippen molar-refractivity contribution in [3.63, 3.8) is 0 Å². The number of aryl methyl sites for hydroxylation is 1. The fourth-order valence-electron chi connectivity index (χ4n) is 3.21. The van der Waals surface area contributed by atoms with Gasteiger partial charge in [-0.3, -0.25) is 21.2 Å². The van der Waals surface area contributed by atoms with Crippen molar-refractivity contribution in [1.82, 2.24) is 15.4 Å². The molecule has 0 aromatic carbocycles. The van der Waals surface area contributed by atoms with Crippen molar-refractivity contribution in [3.8, 4) is 5.75 Å². The molecule has 0 saturated carbocycles. The van der Waals surface area contributed by atoms with Gasteiger partial charge in [0.05, 0.1) is 19.3 Å². The van der Waals surface area contributed by atoms with Crippen molar-refractivity contribution in [2.75, 3.05) is 7.11 Å². The van der Waals surface area contributed by atoms with Gasteiger partial charge in [0, 0.05) is 29.6 Å². The second-order valence-corrected chi connectivity index (χ2v) is 5.31. The minimum absolute atomic E-state index is 0.0306. The highest BCUT2D eigenvalue weighted by molar-refractivity contribution is 5.37. The predicted molar refractivity (Wildman–Crippen MR) is 80.8 cm³/mol. The Morgan fingerprint density at radius 3 is 3.10 bits per heavy atom. The smallest absolute Gasteiger partial charge is 0.141 e. The number of nitrogens with one attached hydrogen (secondary N) is 1. The molecule has 21 heavy (non-hydrogen) atoms. The largest absolute Gasteiger partial charge is 0.495 e. The Morgan fingerprint density at radius 2 is 2.29 bits per heavy atom. The molecule has 110 valence electrons. The predicted octanol–water partition coefficient (Wildman–Crippen LogP) is 2.11. The Balaban J connectivity index is 2.01. The lowest BCUT2D eigenvalue weighted by Crippen LogP contribution is -2.34. The van der Waals surface area contributed by atoms with E-state index in [1.807, 2.05) is 18.3 Å². The molecule has 0 aliphatic heterocycles. The third-order valence-electron chi connectivity index (χ3n) is 4.19. The first kappa shape index (κ1) is 14.0. The van der Waals surface area contributed by atoms with Crippen molar-refractivity contribution in [2.45, 2.75) is 31.2 Å². The maximum Gasteiger partial charge on any atom is 0.141 e. The summed E-state index contributed by atoms with van der Waals surface area (Å²) < 4.78 is 5.43. The summed E-state index contributed by atoms with van der Waals surface area (Å²) in [4.78, 5) is 8.71. The first-order chi connectivity index (χ1) is 10.3. The molecule has 0 bridgehead atoms. The Morgan fingerprint density at radius 1 is 1.38 bits per heavy atom. The fourth-order valence-corrected chi connectivity index (χ4v) is 3.21. The first-order valence-corrected chi connectivity index (χ1v) is 7.23. The molecule has 1 aliphatic rings. The van der Waals surface area contributed by atoms with Gasteiger partial charge in [0.2, 0.25) is 0 Å². The first-order valence-electron chi connectivity index (χ1n) is 7.23. The second-order valence-electron chi connectivity index (χ2n) is 5.31. The molecule has 0 amide bonds. The molecular formula is C16H20N4O. The van der Waals surface area contributed by atoms with Crippen LogP contribution < -0.4 is 16.0 Å². The minimum atomic E-state index is -0.0306. The summed E-state index contributed by atoms with van der Waals surface area (Å²) in [6, 6.07) is 6.09. The zero-order valence-electron chi connectivity index (χ0n) is 12.1. The van der Waals surface area contributed by atoms with Crippen molar-refractivity contribution in [1.29, 1.82) is 0 Å². The third kappa shape index (κ3) is 2.62. The molecular weight excluding hydrogens is 264 g/mol. The molecule has 2 aromatic rings. The van der Waals surface area contributed by atoms with Gasteiger partial charge in [-0.25, -0.2) is 0 Å². The van der Waals surface area contributed by atoms with E-state index in [0.717, 1.165) is 36.3 Å². The van der Waals surface area contributed by atoms with Gasteiger partial charge < -0.3 is 4.74 Å². The van der Waals surface area contributed by atoms with E-state index >= 15 is 0 Å². The van der Waals surface area contributed by atoms with E-state index in [1.165, 1.54) is 5.56 Å². The molecule has 0 spiro atoms. The van der Waals surface area contributed by atoms with E-state index in [0.29, 0.717) is 0 Å². The number of hydrogen-bond acceptors (Lipinski definition) is 5. The molecule has 2 aromatic heterocycles. The van der Waals surface area contributed by atoms with Crippen molar-refractivity contribution >= 4 is 0 Å². The van der Waals surface area contributed by atoms with E-state index in [-0.39, 0.29) is 12.0 Å². The van der Waals surface area contributed by atoms with Crippen LogP contribution in [0.4, 0.5) is 0 Å². The van der Waals surface area contributed by atoms with E-state index in [1.54, 1.807) is 19.5 Å². The number of pyridine rings is 2. The van der Waals surface area contributed by atoms with E-state index < -0.39 is 0 Å². The molecule has 0 fully saturated rings. The van der Waals surface area contributed by atoms with Crippen molar-refractivity contribution < 1.29 is 4.74 Å². The number of hydrazine groups is 1. The summed E-state index contributed by atoms with van der Waals surface area (Å²) in [7, 11) is 1.65. The van der Waals surface area contributed by atoms with Crippen LogP contribution in [0.3, 0.4) is 0 Å². The second kappa shape index (κ2) is 6.20. The normalized spacial score (nSPS) is 18.9. The summed E-state index contributed by atoms with van der Waals surface area (Å²) in [5, 5.41) is 0. The van der Waals surface area contributed by atoms with Gasteiger partial charge in [-0.1, -0.05) is 6.07 Å². The third-order valence-corrected chi connectivity index (χ3v) is 4.19. The standard InChI is InChI=1S/C16H20N4O/c1-21-14-10-18-9-7-12(14)16(20-17)13-6-2-4-11-5-3-8-19-15(11)13/h3,5,7-10,13,16,20H,2,4,6,17H2,1H3. The SMILES string of the molecule is COc1cnccc1C(NN)C1CCCc2cccnc21. The van der Waals surface area contributed by atoms with E-state index in [4.69, 9.17) is 10.6 Å². The van der Waals surface area contributed by atoms with Crippen LogP contribution in [0, 0.1) is 0 Å². The van der Waals surface area contributed by atoms with Crippen LogP contribution in [0.2, 0.25) is 0 Å². The van der Waals surface area contributed by atoms with Gasteiger partial charge in [0.25, 0.3) is 0 Å². The lowest BCUT2D eigenvalue weighted by atomic mass is 9.80. The highest BCUT2D eigenvalue weighted by Crippen LogP contribution is 2.40. The zero-order valence-corrected chi connectivity index (χ0v) is 12.1. The maximum absolute atomic E-state index is 5.86. The van der Waals surface area contributed by atoms with Crippen molar-refractivity contribution in [2.24, 2.45) is 5.84 Å². The Kier molecular flexibility index (Phi) is 4.13. The van der Waals surface area contributed by atoms with Gasteiger partial charge in [-0.15, -0.1) is 0 Å². The molecule has 5 heteroatoms. The Bertz CT molecular complexity index is 617. The lowest BCUT2D eigenvalue weighted by molar-refractivity contribution is 0.366. The molecule has 0 radical (unpaired) electrons. The highest BCUT2D eigenvalue weighted by Gasteiger charge is 2.31. The molecule has 2 atom stereocenters. The molecule has 2 unspecified atom stereocenters. The number of hydrogen-bond donors (Lipinski definition) is 2. The van der Waals surface area contributed by atoms with Crippen LogP contribution in [0.1, 0.15) is 41.6 Å². The quantitative estimate of drug-likeness (QED) is 0.664. The average Bonchev–Trinajstić information content (AvgIpc) is 2.56. The van der Waals surface area contributed by atoms with Crippen molar-refractivity contribution in [3.05, 3.63) is 53.6 Å². The monoisotopic (exact) mass is 284 g/mol. The number of rotatable bonds is 4. The van der Waals surface area contributed by atoms with Crippen LogP contribution in [0.5, 0.6) is 5.75 Å².